The molecule has 0 amide bonds. The van der Waals surface area contributed by atoms with Gasteiger partial charge in [0, 0.05) is 5.56 Å². The summed E-state index contributed by atoms with van der Waals surface area (Å²) in [5, 5.41) is 0. The minimum absolute atomic E-state index is 0.268. The van der Waals surface area contributed by atoms with E-state index in [0.717, 1.165) is 25.0 Å². The van der Waals surface area contributed by atoms with Gasteiger partial charge in [-0.25, -0.2) is 4.39 Å². The van der Waals surface area contributed by atoms with Crippen LogP contribution in [0, 0.1) is 5.82 Å². The topological polar surface area (TPSA) is 0 Å². The van der Waals surface area contributed by atoms with Gasteiger partial charge in [0.1, 0.15) is 5.82 Å². The van der Waals surface area contributed by atoms with Crippen molar-refractivity contribution in [2.24, 2.45) is 0 Å². The SMILES string of the molecule is Fc1c(-c2ccc(C(F)(F)F)cc2)cccc1C1CC1. The zero-order valence-corrected chi connectivity index (χ0v) is 10.5. The maximum absolute atomic E-state index is 14.4. The van der Waals surface area contributed by atoms with Crippen molar-refractivity contribution in [1.82, 2.24) is 0 Å². The Hall–Kier alpha value is -1.84. The van der Waals surface area contributed by atoms with Crippen LogP contribution in [-0.2, 0) is 6.18 Å². The Morgan fingerprint density at radius 1 is 0.900 bits per heavy atom. The van der Waals surface area contributed by atoms with Crippen LogP contribution in [0.1, 0.15) is 29.9 Å². The molecule has 2 aromatic rings. The highest BCUT2D eigenvalue weighted by molar-refractivity contribution is 5.66. The molecule has 0 N–H and O–H groups in total. The Labute approximate surface area is 114 Å². The molecule has 0 radical (unpaired) electrons. The first-order valence-electron chi connectivity index (χ1n) is 6.43. The smallest absolute Gasteiger partial charge is 0.206 e. The molecule has 0 spiro atoms. The van der Waals surface area contributed by atoms with Gasteiger partial charge in [0.15, 0.2) is 0 Å². The van der Waals surface area contributed by atoms with Crippen molar-refractivity contribution in [3.8, 4) is 11.1 Å². The number of halogens is 4. The Bertz CT molecular complexity index is 622. The molecule has 0 unspecified atom stereocenters. The summed E-state index contributed by atoms with van der Waals surface area (Å²) in [5.41, 5.74) is 0.781. The molecule has 1 saturated carbocycles. The number of alkyl halides is 3. The minimum atomic E-state index is -4.37. The van der Waals surface area contributed by atoms with Crippen LogP contribution in [0.4, 0.5) is 17.6 Å². The normalized spacial score (nSPS) is 15.4. The maximum Gasteiger partial charge on any atom is 0.416 e. The van der Waals surface area contributed by atoms with Crippen molar-refractivity contribution in [1.29, 1.82) is 0 Å². The molecular formula is C16H12F4. The second-order valence-corrected chi connectivity index (χ2v) is 5.06. The molecule has 104 valence electrons. The van der Waals surface area contributed by atoms with Gasteiger partial charge in [0.25, 0.3) is 0 Å². The average molecular weight is 280 g/mol. The van der Waals surface area contributed by atoms with Gasteiger partial charge in [-0.05, 0) is 42.0 Å². The fraction of sp³-hybridized carbons (Fsp3) is 0.250. The van der Waals surface area contributed by atoms with E-state index in [0.29, 0.717) is 16.7 Å². The molecule has 2 aromatic carbocycles. The molecule has 1 aliphatic carbocycles. The van der Waals surface area contributed by atoms with Crippen LogP contribution in [0.5, 0.6) is 0 Å². The van der Waals surface area contributed by atoms with Gasteiger partial charge < -0.3 is 0 Å². The fourth-order valence-corrected chi connectivity index (χ4v) is 2.32. The third-order valence-electron chi connectivity index (χ3n) is 3.57. The molecule has 1 aliphatic rings. The van der Waals surface area contributed by atoms with Crippen molar-refractivity contribution in [2.75, 3.05) is 0 Å². The minimum Gasteiger partial charge on any atom is -0.206 e. The van der Waals surface area contributed by atoms with Crippen LogP contribution in [0.2, 0.25) is 0 Å². The lowest BCUT2D eigenvalue weighted by Crippen LogP contribution is -2.04. The lowest BCUT2D eigenvalue weighted by Gasteiger charge is -2.10. The van der Waals surface area contributed by atoms with Gasteiger partial charge in [0.2, 0.25) is 0 Å². The van der Waals surface area contributed by atoms with Crippen LogP contribution >= 0.6 is 0 Å². The zero-order valence-electron chi connectivity index (χ0n) is 10.5. The summed E-state index contributed by atoms with van der Waals surface area (Å²) in [6.07, 6.45) is -2.41. The summed E-state index contributed by atoms with van der Waals surface area (Å²) >= 11 is 0. The monoisotopic (exact) mass is 280 g/mol. The molecule has 0 bridgehead atoms. The summed E-state index contributed by atoms with van der Waals surface area (Å²) in [7, 11) is 0. The van der Waals surface area contributed by atoms with Crippen LogP contribution in [0.3, 0.4) is 0 Å². The molecule has 20 heavy (non-hydrogen) atoms. The highest BCUT2D eigenvalue weighted by atomic mass is 19.4. The van der Waals surface area contributed by atoms with Crippen molar-refractivity contribution in [3.05, 3.63) is 59.4 Å². The standard InChI is InChI=1S/C16H12F4/c17-15-13(10-4-5-10)2-1-3-14(15)11-6-8-12(9-7-11)16(18,19)20/h1-3,6-10H,4-5H2. The average Bonchev–Trinajstić information content (AvgIpc) is 3.22. The third-order valence-corrected chi connectivity index (χ3v) is 3.57. The van der Waals surface area contributed by atoms with Crippen molar-refractivity contribution in [3.63, 3.8) is 0 Å². The lowest BCUT2D eigenvalue weighted by molar-refractivity contribution is -0.137. The molecule has 0 nitrogen and oxygen atoms in total. The van der Waals surface area contributed by atoms with Gasteiger partial charge in [-0.15, -0.1) is 0 Å². The zero-order chi connectivity index (χ0) is 14.3. The molecule has 0 aliphatic heterocycles. The molecular weight excluding hydrogens is 268 g/mol. The second-order valence-electron chi connectivity index (χ2n) is 5.06. The summed E-state index contributed by atoms with van der Waals surface area (Å²) in [6, 6.07) is 9.71. The molecule has 1 fully saturated rings. The predicted molar refractivity (Wildman–Crippen MR) is 68.8 cm³/mol. The second kappa shape index (κ2) is 4.62. The Morgan fingerprint density at radius 3 is 2.10 bits per heavy atom. The Kier molecular flexibility index (Phi) is 3.04. The first kappa shape index (κ1) is 13.2. The van der Waals surface area contributed by atoms with E-state index in [2.05, 4.69) is 0 Å². The van der Waals surface area contributed by atoms with E-state index < -0.39 is 11.7 Å². The van der Waals surface area contributed by atoms with E-state index in [9.17, 15) is 17.6 Å². The third kappa shape index (κ3) is 2.42. The molecule has 0 atom stereocenters. The van der Waals surface area contributed by atoms with Gasteiger partial charge >= 0.3 is 6.18 Å². The van der Waals surface area contributed by atoms with E-state index in [1.165, 1.54) is 12.1 Å². The number of rotatable bonds is 2. The van der Waals surface area contributed by atoms with Crippen molar-refractivity contribution >= 4 is 0 Å². The summed E-state index contributed by atoms with van der Waals surface area (Å²) in [6.45, 7) is 0. The first-order chi connectivity index (χ1) is 9.47. The first-order valence-corrected chi connectivity index (χ1v) is 6.43. The largest absolute Gasteiger partial charge is 0.416 e. The molecule has 4 heteroatoms. The number of hydrogen-bond acceptors (Lipinski definition) is 0. The van der Waals surface area contributed by atoms with Crippen LogP contribution in [0.15, 0.2) is 42.5 Å². The van der Waals surface area contributed by atoms with Crippen molar-refractivity contribution < 1.29 is 17.6 Å². The van der Waals surface area contributed by atoms with E-state index in [1.54, 1.807) is 18.2 Å². The highest BCUT2D eigenvalue weighted by Gasteiger charge is 2.30. The van der Waals surface area contributed by atoms with Crippen LogP contribution in [0.25, 0.3) is 11.1 Å². The maximum atomic E-state index is 14.4. The quantitative estimate of drug-likeness (QED) is 0.647. The van der Waals surface area contributed by atoms with Gasteiger partial charge in [-0.3, -0.25) is 0 Å². The van der Waals surface area contributed by atoms with E-state index in [-0.39, 0.29) is 11.7 Å². The predicted octanol–water partition coefficient (Wildman–Crippen LogP) is 5.39. The molecule has 0 heterocycles. The van der Waals surface area contributed by atoms with Crippen LogP contribution in [-0.4, -0.2) is 0 Å². The molecule has 0 saturated heterocycles. The molecule has 3 rings (SSSR count). The summed E-state index contributed by atoms with van der Waals surface area (Å²) in [5.74, 6) is -0.0424. The fourth-order valence-electron chi connectivity index (χ4n) is 2.32. The summed E-state index contributed by atoms with van der Waals surface area (Å²) in [4.78, 5) is 0. The number of benzene rings is 2. The van der Waals surface area contributed by atoms with E-state index in [4.69, 9.17) is 0 Å². The van der Waals surface area contributed by atoms with Gasteiger partial charge in [0.05, 0.1) is 5.56 Å². The van der Waals surface area contributed by atoms with Crippen LogP contribution < -0.4 is 0 Å². The van der Waals surface area contributed by atoms with E-state index >= 15 is 0 Å². The van der Waals surface area contributed by atoms with Gasteiger partial charge in [-0.2, -0.15) is 13.2 Å². The van der Waals surface area contributed by atoms with Gasteiger partial charge in [-0.1, -0.05) is 30.3 Å². The lowest BCUT2D eigenvalue weighted by atomic mass is 9.99. The Morgan fingerprint density at radius 2 is 1.55 bits per heavy atom. The molecule has 0 aromatic heterocycles. The Balaban J connectivity index is 1.99. The van der Waals surface area contributed by atoms with E-state index in [1.807, 2.05) is 0 Å². The highest BCUT2D eigenvalue weighted by Crippen LogP contribution is 2.43. The van der Waals surface area contributed by atoms with Crippen molar-refractivity contribution in [2.45, 2.75) is 24.9 Å². The number of hydrogen-bond donors (Lipinski definition) is 0. The summed E-state index contributed by atoms with van der Waals surface area (Å²) < 4.78 is 51.9.